The summed E-state index contributed by atoms with van der Waals surface area (Å²) < 4.78 is 1.76. The molecule has 1 aromatic rings. The van der Waals surface area contributed by atoms with Crippen molar-refractivity contribution in [2.45, 2.75) is 45.6 Å². The highest BCUT2D eigenvalue weighted by Crippen LogP contribution is 2.25. The molecule has 0 aromatic carbocycles. The number of aliphatic carboxylic acids is 1. The van der Waals surface area contributed by atoms with Gasteiger partial charge in [0.1, 0.15) is 11.7 Å². The predicted molar refractivity (Wildman–Crippen MR) is 58.2 cm³/mol. The normalized spacial score (nSPS) is 19.8. The van der Waals surface area contributed by atoms with Gasteiger partial charge in [-0.1, -0.05) is 13.8 Å². The number of aryl methyl sites for hydroxylation is 1. The van der Waals surface area contributed by atoms with E-state index in [1.807, 2.05) is 0 Å². The molecule has 1 aromatic heterocycles. The highest BCUT2D eigenvalue weighted by molar-refractivity contribution is 5.75. The average Bonchev–Trinajstić information content (AvgIpc) is 2.57. The van der Waals surface area contributed by atoms with E-state index in [2.05, 4.69) is 23.9 Å². The van der Waals surface area contributed by atoms with E-state index >= 15 is 0 Å². The third-order valence-corrected chi connectivity index (χ3v) is 2.81. The van der Waals surface area contributed by atoms with Gasteiger partial charge in [0.15, 0.2) is 5.82 Å². The average molecular weight is 223 g/mol. The molecule has 0 spiro atoms. The maximum atomic E-state index is 11.1. The number of aromatic nitrogens is 3. The summed E-state index contributed by atoms with van der Waals surface area (Å²) in [4.78, 5) is 15.4. The minimum atomic E-state index is -0.788. The van der Waals surface area contributed by atoms with Crippen molar-refractivity contribution < 1.29 is 9.90 Å². The number of hydrogen-bond donors (Lipinski definition) is 1. The van der Waals surface area contributed by atoms with E-state index in [0.29, 0.717) is 18.2 Å². The Hall–Kier alpha value is -1.39. The van der Waals surface area contributed by atoms with E-state index in [4.69, 9.17) is 5.11 Å². The zero-order chi connectivity index (χ0) is 11.7. The first-order valence-corrected chi connectivity index (χ1v) is 5.74. The SMILES string of the molecule is CC(C)Cc1nc2n(n1)CCCC2C(=O)O. The van der Waals surface area contributed by atoms with Gasteiger partial charge in [-0.25, -0.2) is 9.67 Å². The Balaban J connectivity index is 2.27. The van der Waals surface area contributed by atoms with Crippen LogP contribution >= 0.6 is 0 Å². The molecule has 5 nitrogen and oxygen atoms in total. The largest absolute Gasteiger partial charge is 0.481 e. The Bertz CT molecular complexity index is 398. The summed E-state index contributed by atoms with van der Waals surface area (Å²) in [5.74, 6) is 0.645. The van der Waals surface area contributed by atoms with Gasteiger partial charge < -0.3 is 5.11 Å². The first-order chi connectivity index (χ1) is 7.58. The van der Waals surface area contributed by atoms with Crippen molar-refractivity contribution in [2.75, 3.05) is 0 Å². The van der Waals surface area contributed by atoms with Crippen molar-refractivity contribution in [1.29, 1.82) is 0 Å². The van der Waals surface area contributed by atoms with Crippen LogP contribution in [0.1, 0.15) is 44.3 Å². The second kappa shape index (κ2) is 4.23. The predicted octanol–water partition coefficient (Wildman–Crippen LogP) is 1.44. The molecule has 1 N–H and O–H groups in total. The van der Waals surface area contributed by atoms with Crippen molar-refractivity contribution >= 4 is 5.97 Å². The van der Waals surface area contributed by atoms with Crippen LogP contribution in [0.25, 0.3) is 0 Å². The number of nitrogens with zero attached hydrogens (tertiary/aromatic N) is 3. The summed E-state index contributed by atoms with van der Waals surface area (Å²) in [6.45, 7) is 5.01. The smallest absolute Gasteiger partial charge is 0.314 e. The fourth-order valence-corrected chi connectivity index (χ4v) is 2.09. The first kappa shape index (κ1) is 11.1. The quantitative estimate of drug-likeness (QED) is 0.841. The van der Waals surface area contributed by atoms with Gasteiger partial charge in [0.2, 0.25) is 0 Å². The molecule has 0 saturated carbocycles. The highest BCUT2D eigenvalue weighted by Gasteiger charge is 2.29. The molecule has 0 bridgehead atoms. The molecule has 1 unspecified atom stereocenters. The highest BCUT2D eigenvalue weighted by atomic mass is 16.4. The Labute approximate surface area is 94.5 Å². The minimum Gasteiger partial charge on any atom is -0.481 e. The topological polar surface area (TPSA) is 68.0 Å². The van der Waals surface area contributed by atoms with E-state index < -0.39 is 11.9 Å². The van der Waals surface area contributed by atoms with Crippen LogP contribution in [-0.2, 0) is 17.8 Å². The van der Waals surface area contributed by atoms with Crippen LogP contribution in [0.15, 0.2) is 0 Å². The molecule has 0 amide bonds. The monoisotopic (exact) mass is 223 g/mol. The summed E-state index contributed by atoms with van der Waals surface area (Å²) in [7, 11) is 0. The number of fused-ring (bicyclic) bond motifs is 1. The Morgan fingerprint density at radius 1 is 1.62 bits per heavy atom. The van der Waals surface area contributed by atoms with Crippen LogP contribution in [0.4, 0.5) is 0 Å². The van der Waals surface area contributed by atoms with Crippen LogP contribution in [0.3, 0.4) is 0 Å². The van der Waals surface area contributed by atoms with Crippen LogP contribution in [-0.4, -0.2) is 25.8 Å². The van der Waals surface area contributed by atoms with Crippen LogP contribution in [0, 0.1) is 5.92 Å². The first-order valence-electron chi connectivity index (χ1n) is 5.74. The van der Waals surface area contributed by atoms with Gasteiger partial charge in [-0.2, -0.15) is 5.10 Å². The number of rotatable bonds is 3. The van der Waals surface area contributed by atoms with Crippen molar-refractivity contribution in [1.82, 2.24) is 14.8 Å². The number of carboxylic acids is 1. The third kappa shape index (κ3) is 2.08. The third-order valence-electron chi connectivity index (χ3n) is 2.81. The Morgan fingerprint density at radius 2 is 2.38 bits per heavy atom. The van der Waals surface area contributed by atoms with Crippen molar-refractivity contribution in [3.8, 4) is 0 Å². The molecule has 16 heavy (non-hydrogen) atoms. The second-order valence-corrected chi connectivity index (χ2v) is 4.74. The molecule has 1 aliphatic heterocycles. The second-order valence-electron chi connectivity index (χ2n) is 4.74. The summed E-state index contributed by atoms with van der Waals surface area (Å²) in [6.07, 6.45) is 2.36. The van der Waals surface area contributed by atoms with Gasteiger partial charge in [0.05, 0.1) is 0 Å². The Morgan fingerprint density at radius 3 is 3.00 bits per heavy atom. The molecular weight excluding hydrogens is 206 g/mol. The minimum absolute atomic E-state index is 0.470. The number of hydrogen-bond acceptors (Lipinski definition) is 3. The van der Waals surface area contributed by atoms with E-state index in [9.17, 15) is 4.79 Å². The van der Waals surface area contributed by atoms with E-state index in [-0.39, 0.29) is 0 Å². The lowest BCUT2D eigenvalue weighted by molar-refractivity contribution is -0.139. The van der Waals surface area contributed by atoms with Gasteiger partial charge in [0, 0.05) is 13.0 Å². The molecule has 0 fully saturated rings. The van der Waals surface area contributed by atoms with E-state index in [1.54, 1.807) is 4.68 Å². The maximum Gasteiger partial charge on any atom is 0.314 e. The molecule has 5 heteroatoms. The van der Waals surface area contributed by atoms with Gasteiger partial charge >= 0.3 is 5.97 Å². The molecule has 1 atom stereocenters. The molecule has 0 radical (unpaired) electrons. The zero-order valence-electron chi connectivity index (χ0n) is 9.68. The molecule has 1 aliphatic rings. The van der Waals surface area contributed by atoms with E-state index in [1.165, 1.54) is 0 Å². The summed E-state index contributed by atoms with van der Waals surface area (Å²) in [6, 6.07) is 0. The molecule has 0 aliphatic carbocycles. The summed E-state index contributed by atoms with van der Waals surface area (Å²) in [5.41, 5.74) is 0. The van der Waals surface area contributed by atoms with Crippen LogP contribution < -0.4 is 0 Å². The summed E-state index contributed by atoms with van der Waals surface area (Å²) >= 11 is 0. The van der Waals surface area contributed by atoms with Crippen molar-refractivity contribution in [2.24, 2.45) is 5.92 Å². The van der Waals surface area contributed by atoms with Crippen LogP contribution in [0.2, 0.25) is 0 Å². The Kier molecular flexibility index (Phi) is 2.94. The van der Waals surface area contributed by atoms with Gasteiger partial charge in [-0.3, -0.25) is 4.79 Å². The zero-order valence-corrected chi connectivity index (χ0v) is 9.68. The van der Waals surface area contributed by atoms with Gasteiger partial charge in [0.25, 0.3) is 0 Å². The molecule has 88 valence electrons. The van der Waals surface area contributed by atoms with Crippen molar-refractivity contribution in [3.05, 3.63) is 11.6 Å². The summed E-state index contributed by atoms with van der Waals surface area (Å²) in [5, 5.41) is 13.5. The molecule has 2 rings (SSSR count). The lowest BCUT2D eigenvalue weighted by Crippen LogP contribution is -2.22. The lowest BCUT2D eigenvalue weighted by Gasteiger charge is -2.17. The van der Waals surface area contributed by atoms with Crippen LogP contribution in [0.5, 0.6) is 0 Å². The standard InChI is InChI=1S/C11H17N3O2/c1-7(2)6-9-12-10-8(11(15)16)4-3-5-14(10)13-9/h7-8H,3-6H2,1-2H3,(H,15,16). The van der Waals surface area contributed by atoms with E-state index in [0.717, 1.165) is 25.2 Å². The molecule has 0 saturated heterocycles. The fourth-order valence-electron chi connectivity index (χ4n) is 2.09. The van der Waals surface area contributed by atoms with Gasteiger partial charge in [-0.15, -0.1) is 0 Å². The van der Waals surface area contributed by atoms with Gasteiger partial charge in [-0.05, 0) is 18.8 Å². The molecule has 2 heterocycles. The number of carbonyl (C=O) groups is 1. The number of carboxylic acid groups (broad SMARTS) is 1. The molecular formula is C11H17N3O2. The van der Waals surface area contributed by atoms with Crippen molar-refractivity contribution in [3.63, 3.8) is 0 Å². The fraction of sp³-hybridized carbons (Fsp3) is 0.727. The maximum absolute atomic E-state index is 11.1. The lowest BCUT2D eigenvalue weighted by atomic mass is 10.00.